The average molecular weight is 257 g/mol. The summed E-state index contributed by atoms with van der Waals surface area (Å²) < 4.78 is 42.1. The highest BCUT2D eigenvalue weighted by atomic mass is 19.4. The van der Waals surface area contributed by atoms with E-state index in [1.165, 1.54) is 7.11 Å². The van der Waals surface area contributed by atoms with E-state index in [-0.39, 0.29) is 5.70 Å². The molecule has 0 aliphatic heterocycles. The summed E-state index contributed by atoms with van der Waals surface area (Å²) in [6.07, 6.45) is -3.39. The monoisotopic (exact) mass is 257 g/mol. The van der Waals surface area contributed by atoms with Gasteiger partial charge in [-0.2, -0.15) is 13.2 Å². The summed E-state index contributed by atoms with van der Waals surface area (Å²) in [5, 5.41) is 2.77. The summed E-state index contributed by atoms with van der Waals surface area (Å²) >= 11 is 0. The van der Waals surface area contributed by atoms with Crippen LogP contribution in [-0.2, 0) is 0 Å². The predicted molar refractivity (Wildman–Crippen MR) is 65.6 cm³/mol. The lowest BCUT2D eigenvalue weighted by atomic mass is 10.2. The molecule has 0 saturated carbocycles. The topological polar surface area (TPSA) is 21.3 Å². The van der Waals surface area contributed by atoms with Crippen LogP contribution in [0.25, 0.3) is 0 Å². The number of hydrogen-bond donors (Lipinski definition) is 1. The van der Waals surface area contributed by atoms with Gasteiger partial charge in [0, 0.05) is 11.3 Å². The zero-order chi connectivity index (χ0) is 13.8. The lowest BCUT2D eigenvalue weighted by Gasteiger charge is -2.12. The Hall–Kier alpha value is -1.91. The Bertz CT molecular complexity index is 464. The molecule has 2 nitrogen and oxygen atoms in total. The molecule has 18 heavy (non-hydrogen) atoms. The van der Waals surface area contributed by atoms with Crippen LogP contribution in [-0.4, -0.2) is 13.3 Å². The van der Waals surface area contributed by atoms with E-state index in [0.717, 1.165) is 13.0 Å². The van der Waals surface area contributed by atoms with Crippen LogP contribution in [0.2, 0.25) is 0 Å². The van der Waals surface area contributed by atoms with Crippen molar-refractivity contribution in [1.29, 1.82) is 0 Å². The summed E-state index contributed by atoms with van der Waals surface area (Å²) in [5.74, 6) is 0.539. The third-order valence-corrected chi connectivity index (χ3v) is 2.24. The van der Waals surface area contributed by atoms with Gasteiger partial charge in [-0.3, -0.25) is 0 Å². The summed E-state index contributed by atoms with van der Waals surface area (Å²) in [6.45, 7) is 4.53. The molecule has 1 aromatic carbocycles. The van der Waals surface area contributed by atoms with Gasteiger partial charge >= 0.3 is 6.18 Å². The molecule has 0 amide bonds. The lowest BCUT2D eigenvalue weighted by Crippen LogP contribution is -2.10. The maximum absolute atomic E-state index is 12.3. The molecular formula is C13H14F3NO. The maximum atomic E-state index is 12.3. The van der Waals surface area contributed by atoms with E-state index in [9.17, 15) is 13.2 Å². The van der Waals surface area contributed by atoms with Crippen LogP contribution in [0.3, 0.4) is 0 Å². The molecule has 0 atom stereocenters. The van der Waals surface area contributed by atoms with Gasteiger partial charge in [0.1, 0.15) is 5.75 Å². The van der Waals surface area contributed by atoms with E-state index in [2.05, 4.69) is 11.9 Å². The summed E-state index contributed by atoms with van der Waals surface area (Å²) in [6, 6.07) is 6.92. The third kappa shape index (κ3) is 3.84. The second-order valence-corrected chi connectivity index (χ2v) is 3.68. The molecule has 0 aromatic heterocycles. The number of alkyl halides is 3. The molecule has 0 spiro atoms. The number of ether oxygens (including phenoxy) is 1. The Morgan fingerprint density at radius 1 is 1.33 bits per heavy atom. The van der Waals surface area contributed by atoms with Crippen molar-refractivity contribution in [1.82, 2.24) is 0 Å². The zero-order valence-electron chi connectivity index (χ0n) is 10.1. The molecule has 0 unspecified atom stereocenters. The van der Waals surface area contributed by atoms with Crippen molar-refractivity contribution in [3.63, 3.8) is 0 Å². The minimum Gasteiger partial charge on any atom is -0.495 e. The van der Waals surface area contributed by atoms with Gasteiger partial charge in [-0.05, 0) is 25.1 Å². The zero-order valence-corrected chi connectivity index (χ0v) is 10.1. The van der Waals surface area contributed by atoms with Gasteiger partial charge in [0.25, 0.3) is 0 Å². The molecule has 0 fully saturated rings. The molecule has 0 aliphatic carbocycles. The number of halogens is 3. The number of anilines is 1. The van der Waals surface area contributed by atoms with Gasteiger partial charge in [-0.1, -0.05) is 18.7 Å². The van der Waals surface area contributed by atoms with E-state index in [4.69, 9.17) is 4.74 Å². The minimum atomic E-state index is -4.34. The molecule has 0 heterocycles. The van der Waals surface area contributed by atoms with Crippen LogP contribution in [0.1, 0.15) is 6.92 Å². The Morgan fingerprint density at radius 3 is 2.50 bits per heavy atom. The van der Waals surface area contributed by atoms with Crippen molar-refractivity contribution in [2.75, 3.05) is 12.4 Å². The number of rotatable bonds is 4. The van der Waals surface area contributed by atoms with E-state index in [1.807, 2.05) is 0 Å². The normalized spacial score (nSPS) is 12.2. The molecule has 1 aromatic rings. The van der Waals surface area contributed by atoms with Crippen molar-refractivity contribution in [3.05, 3.63) is 48.2 Å². The van der Waals surface area contributed by atoms with Crippen LogP contribution in [0.5, 0.6) is 5.75 Å². The van der Waals surface area contributed by atoms with Crippen molar-refractivity contribution < 1.29 is 17.9 Å². The van der Waals surface area contributed by atoms with Crippen LogP contribution in [0.15, 0.2) is 48.2 Å². The maximum Gasteiger partial charge on any atom is 0.412 e. The first-order valence-electron chi connectivity index (χ1n) is 5.19. The number of methoxy groups -OCH3 is 1. The third-order valence-electron chi connectivity index (χ3n) is 2.24. The molecule has 0 aliphatic rings. The molecule has 1 rings (SSSR count). The highest BCUT2D eigenvalue weighted by Gasteiger charge is 2.29. The highest BCUT2D eigenvalue weighted by molar-refractivity contribution is 5.60. The first kappa shape index (κ1) is 14.2. The van der Waals surface area contributed by atoms with Gasteiger partial charge in [-0.25, -0.2) is 0 Å². The van der Waals surface area contributed by atoms with E-state index >= 15 is 0 Å². The Labute approximate surface area is 104 Å². The Balaban J connectivity index is 2.83. The molecule has 0 radical (unpaired) electrons. The fourth-order valence-electron chi connectivity index (χ4n) is 1.30. The Kier molecular flexibility index (Phi) is 4.42. The van der Waals surface area contributed by atoms with E-state index in [0.29, 0.717) is 11.4 Å². The predicted octanol–water partition coefficient (Wildman–Crippen LogP) is 4.13. The number of para-hydroxylation sites is 2. The van der Waals surface area contributed by atoms with Gasteiger partial charge in [-0.15, -0.1) is 0 Å². The molecular weight excluding hydrogens is 243 g/mol. The molecule has 5 heteroatoms. The first-order chi connectivity index (χ1) is 8.34. The second kappa shape index (κ2) is 5.62. The first-order valence-corrected chi connectivity index (χ1v) is 5.19. The van der Waals surface area contributed by atoms with Crippen molar-refractivity contribution in [2.24, 2.45) is 0 Å². The standard InChI is InChI=1S/C13H14F3NO/c1-9(13(14,15)16)8-10(2)17-11-6-4-5-7-12(11)18-3/h4-8,17H,2H2,1,3H3/b9-8+. The molecule has 0 saturated heterocycles. The number of benzene rings is 1. The summed E-state index contributed by atoms with van der Waals surface area (Å²) in [7, 11) is 1.49. The fourth-order valence-corrected chi connectivity index (χ4v) is 1.30. The SMILES string of the molecule is C=C(/C=C(\C)C(F)(F)F)Nc1ccccc1OC. The second-order valence-electron chi connectivity index (χ2n) is 3.68. The largest absolute Gasteiger partial charge is 0.495 e. The molecule has 0 bridgehead atoms. The quantitative estimate of drug-likeness (QED) is 0.819. The summed E-state index contributed by atoms with van der Waals surface area (Å²) in [5.41, 5.74) is 0.000414. The van der Waals surface area contributed by atoms with Crippen molar-refractivity contribution in [2.45, 2.75) is 13.1 Å². The van der Waals surface area contributed by atoms with Crippen molar-refractivity contribution in [3.8, 4) is 5.75 Å². The van der Waals surface area contributed by atoms with Gasteiger partial charge in [0.05, 0.1) is 12.8 Å². The molecule has 1 N–H and O–H groups in total. The van der Waals surface area contributed by atoms with Gasteiger partial charge in [0.2, 0.25) is 0 Å². The number of hydrogen-bond acceptors (Lipinski definition) is 2. The van der Waals surface area contributed by atoms with Crippen LogP contribution in [0.4, 0.5) is 18.9 Å². The van der Waals surface area contributed by atoms with Crippen LogP contribution in [0, 0.1) is 0 Å². The fraction of sp³-hybridized carbons (Fsp3) is 0.231. The number of allylic oxidation sites excluding steroid dienone is 2. The number of nitrogens with one attached hydrogen (secondary N) is 1. The van der Waals surface area contributed by atoms with E-state index in [1.54, 1.807) is 24.3 Å². The Morgan fingerprint density at radius 2 is 1.94 bits per heavy atom. The minimum absolute atomic E-state index is 0.148. The summed E-state index contributed by atoms with van der Waals surface area (Å²) in [4.78, 5) is 0. The smallest absolute Gasteiger partial charge is 0.412 e. The van der Waals surface area contributed by atoms with Crippen LogP contribution >= 0.6 is 0 Å². The van der Waals surface area contributed by atoms with Gasteiger partial charge in [0.15, 0.2) is 0 Å². The van der Waals surface area contributed by atoms with Gasteiger partial charge < -0.3 is 10.1 Å². The lowest BCUT2D eigenvalue weighted by molar-refractivity contribution is -0.0913. The average Bonchev–Trinajstić information content (AvgIpc) is 2.28. The van der Waals surface area contributed by atoms with E-state index < -0.39 is 11.7 Å². The van der Waals surface area contributed by atoms with Crippen molar-refractivity contribution >= 4 is 5.69 Å². The molecule has 98 valence electrons. The highest BCUT2D eigenvalue weighted by Crippen LogP contribution is 2.28. The van der Waals surface area contributed by atoms with Crippen LogP contribution < -0.4 is 10.1 Å².